The van der Waals surface area contributed by atoms with Crippen molar-refractivity contribution in [3.8, 4) is 0 Å². The van der Waals surface area contributed by atoms with Gasteiger partial charge in [0, 0.05) is 0 Å². The number of hydrogen-bond acceptors (Lipinski definition) is 3. The molecule has 0 amide bonds. The number of nitrogens with zero attached hydrogens (tertiary/aromatic N) is 2. The number of rotatable bonds is 4. The van der Waals surface area contributed by atoms with Gasteiger partial charge in [-0.1, -0.05) is 31.3 Å². The van der Waals surface area contributed by atoms with E-state index in [9.17, 15) is 4.79 Å². The molecule has 1 aromatic heterocycles. The van der Waals surface area contributed by atoms with E-state index in [-0.39, 0.29) is 5.56 Å². The van der Waals surface area contributed by atoms with Crippen molar-refractivity contribution < 1.29 is 9.90 Å². The Labute approximate surface area is 109 Å². The average Bonchev–Trinajstić information content (AvgIpc) is 2.71. The van der Waals surface area contributed by atoms with Gasteiger partial charge >= 0.3 is 5.97 Å². The second-order valence-corrected chi connectivity index (χ2v) is 4.29. The fourth-order valence-electron chi connectivity index (χ4n) is 1.64. The van der Waals surface area contributed by atoms with Crippen LogP contribution in [0.3, 0.4) is 0 Å². The predicted octanol–water partition coefficient (Wildman–Crippen LogP) is 2.25. The van der Waals surface area contributed by atoms with E-state index < -0.39 is 5.97 Å². The SMILES string of the molecule is CCc1n[nH]n(Cc2ccc(C(=O)O)cc2)c1=S. The third kappa shape index (κ3) is 2.48. The number of aromatic carboxylic acids is 1. The quantitative estimate of drug-likeness (QED) is 0.830. The van der Waals surface area contributed by atoms with E-state index in [2.05, 4.69) is 10.3 Å². The fourth-order valence-corrected chi connectivity index (χ4v) is 1.94. The number of carbonyl (C=O) groups is 1. The largest absolute Gasteiger partial charge is 0.478 e. The van der Waals surface area contributed by atoms with Crippen LogP contribution in [0.1, 0.15) is 28.5 Å². The van der Waals surface area contributed by atoms with E-state index in [1.165, 1.54) is 0 Å². The maximum absolute atomic E-state index is 10.7. The van der Waals surface area contributed by atoms with Crippen LogP contribution in [0.25, 0.3) is 0 Å². The molecule has 94 valence electrons. The minimum absolute atomic E-state index is 0.279. The Bertz CT molecular complexity index is 613. The van der Waals surface area contributed by atoms with Gasteiger partial charge < -0.3 is 5.11 Å². The molecule has 18 heavy (non-hydrogen) atoms. The molecule has 1 aromatic carbocycles. The highest BCUT2D eigenvalue weighted by Crippen LogP contribution is 2.08. The van der Waals surface area contributed by atoms with Crippen molar-refractivity contribution in [3.05, 3.63) is 45.7 Å². The zero-order valence-corrected chi connectivity index (χ0v) is 10.7. The second-order valence-electron chi connectivity index (χ2n) is 3.91. The standard InChI is InChI=1S/C12H13N3O2S/c1-2-10-11(18)15(14-13-10)7-8-3-5-9(6-4-8)12(16)17/h3-6,14H,2,7H2,1H3,(H,16,17). The van der Waals surface area contributed by atoms with Crippen LogP contribution in [-0.2, 0) is 13.0 Å². The summed E-state index contributed by atoms with van der Waals surface area (Å²) in [5.41, 5.74) is 2.12. The normalized spacial score (nSPS) is 10.5. The van der Waals surface area contributed by atoms with E-state index in [0.29, 0.717) is 11.2 Å². The highest BCUT2D eigenvalue weighted by molar-refractivity contribution is 7.71. The number of aryl methyl sites for hydroxylation is 1. The smallest absolute Gasteiger partial charge is 0.335 e. The van der Waals surface area contributed by atoms with Crippen molar-refractivity contribution in [1.82, 2.24) is 15.0 Å². The maximum Gasteiger partial charge on any atom is 0.335 e. The Kier molecular flexibility index (Phi) is 3.57. The van der Waals surface area contributed by atoms with E-state index in [1.54, 1.807) is 28.9 Å². The van der Waals surface area contributed by atoms with Crippen LogP contribution in [0.4, 0.5) is 0 Å². The minimum atomic E-state index is -0.923. The summed E-state index contributed by atoms with van der Waals surface area (Å²) >= 11 is 5.27. The van der Waals surface area contributed by atoms with Gasteiger partial charge in [0.25, 0.3) is 0 Å². The minimum Gasteiger partial charge on any atom is -0.478 e. The highest BCUT2D eigenvalue weighted by Gasteiger charge is 2.05. The van der Waals surface area contributed by atoms with Crippen molar-refractivity contribution in [2.75, 3.05) is 0 Å². The summed E-state index contributed by atoms with van der Waals surface area (Å²) in [6, 6.07) is 6.71. The molecule has 5 nitrogen and oxygen atoms in total. The Hall–Kier alpha value is -1.95. The first-order valence-corrected chi connectivity index (χ1v) is 5.99. The molecule has 2 N–H and O–H groups in total. The van der Waals surface area contributed by atoms with Crippen LogP contribution < -0.4 is 0 Å². The van der Waals surface area contributed by atoms with Gasteiger partial charge in [-0.25, -0.2) is 10.0 Å². The number of benzene rings is 1. The Morgan fingerprint density at radius 1 is 1.44 bits per heavy atom. The number of aromatic nitrogens is 3. The van der Waals surface area contributed by atoms with E-state index in [4.69, 9.17) is 17.3 Å². The Morgan fingerprint density at radius 3 is 2.61 bits per heavy atom. The van der Waals surface area contributed by atoms with E-state index in [0.717, 1.165) is 17.7 Å². The lowest BCUT2D eigenvalue weighted by Crippen LogP contribution is -2.03. The third-order valence-electron chi connectivity index (χ3n) is 2.67. The van der Waals surface area contributed by atoms with Gasteiger partial charge in [-0.3, -0.25) is 4.68 Å². The second kappa shape index (κ2) is 5.14. The lowest BCUT2D eigenvalue weighted by molar-refractivity contribution is 0.0697. The fraction of sp³-hybridized carbons (Fsp3) is 0.250. The summed E-state index contributed by atoms with van der Waals surface area (Å²) in [7, 11) is 0. The number of H-pyrrole nitrogens is 1. The zero-order chi connectivity index (χ0) is 13.1. The van der Waals surface area contributed by atoms with Crippen LogP contribution in [0.15, 0.2) is 24.3 Å². The molecular formula is C12H13N3O2S. The molecule has 0 bridgehead atoms. The molecule has 2 aromatic rings. The summed E-state index contributed by atoms with van der Waals surface area (Å²) in [6.07, 6.45) is 0.792. The summed E-state index contributed by atoms with van der Waals surface area (Å²) in [4.78, 5) is 10.7. The summed E-state index contributed by atoms with van der Waals surface area (Å²) in [5.74, 6) is -0.923. The number of aromatic amines is 1. The molecule has 2 rings (SSSR count). The van der Waals surface area contributed by atoms with Crippen LogP contribution >= 0.6 is 12.2 Å². The molecule has 0 saturated carbocycles. The van der Waals surface area contributed by atoms with Gasteiger partial charge in [0.15, 0.2) is 0 Å². The molecule has 0 spiro atoms. The van der Waals surface area contributed by atoms with Crippen molar-refractivity contribution in [3.63, 3.8) is 0 Å². The first-order valence-electron chi connectivity index (χ1n) is 5.58. The summed E-state index contributed by atoms with van der Waals surface area (Å²) in [5, 5.41) is 15.8. The number of carboxylic acids is 1. The van der Waals surface area contributed by atoms with E-state index >= 15 is 0 Å². The topological polar surface area (TPSA) is 70.9 Å². The van der Waals surface area contributed by atoms with Crippen molar-refractivity contribution in [2.24, 2.45) is 0 Å². The predicted molar refractivity (Wildman–Crippen MR) is 69.3 cm³/mol. The van der Waals surface area contributed by atoms with Crippen molar-refractivity contribution >= 4 is 18.2 Å². The number of nitrogens with one attached hydrogen (secondary N) is 1. The van der Waals surface area contributed by atoms with Crippen LogP contribution in [0.2, 0.25) is 0 Å². The molecule has 0 aliphatic carbocycles. The Morgan fingerprint density at radius 2 is 2.11 bits per heavy atom. The highest BCUT2D eigenvalue weighted by atomic mass is 32.1. The number of hydrogen-bond donors (Lipinski definition) is 2. The molecule has 0 fully saturated rings. The molecule has 0 aliphatic rings. The van der Waals surface area contributed by atoms with Crippen LogP contribution in [0.5, 0.6) is 0 Å². The molecule has 0 unspecified atom stereocenters. The van der Waals surface area contributed by atoms with Gasteiger partial charge in [-0.05, 0) is 24.1 Å². The van der Waals surface area contributed by atoms with Gasteiger partial charge in [0.2, 0.25) is 0 Å². The number of carboxylic acid groups (broad SMARTS) is 1. The molecule has 0 radical (unpaired) electrons. The molecular weight excluding hydrogens is 250 g/mol. The van der Waals surface area contributed by atoms with Crippen molar-refractivity contribution in [2.45, 2.75) is 19.9 Å². The lowest BCUT2D eigenvalue weighted by Gasteiger charge is -2.02. The Balaban J connectivity index is 2.21. The third-order valence-corrected chi connectivity index (χ3v) is 3.13. The monoisotopic (exact) mass is 263 g/mol. The van der Waals surface area contributed by atoms with E-state index in [1.807, 2.05) is 6.92 Å². The van der Waals surface area contributed by atoms with Gasteiger partial charge in [-0.2, -0.15) is 5.10 Å². The summed E-state index contributed by atoms with van der Waals surface area (Å²) < 4.78 is 2.46. The van der Waals surface area contributed by atoms with Crippen LogP contribution in [0, 0.1) is 4.64 Å². The van der Waals surface area contributed by atoms with Gasteiger partial charge in [-0.15, -0.1) is 0 Å². The van der Waals surface area contributed by atoms with Gasteiger partial charge in [0.05, 0.1) is 17.8 Å². The lowest BCUT2D eigenvalue weighted by atomic mass is 10.1. The zero-order valence-electron chi connectivity index (χ0n) is 9.88. The molecule has 0 aliphatic heterocycles. The molecule has 0 atom stereocenters. The summed E-state index contributed by atoms with van der Waals surface area (Å²) in [6.45, 7) is 2.56. The first kappa shape index (κ1) is 12.5. The molecule has 1 heterocycles. The van der Waals surface area contributed by atoms with Gasteiger partial charge in [0.1, 0.15) is 4.64 Å². The van der Waals surface area contributed by atoms with Crippen molar-refractivity contribution in [1.29, 1.82) is 0 Å². The maximum atomic E-state index is 10.7. The van der Waals surface area contributed by atoms with Crippen LogP contribution in [-0.4, -0.2) is 26.1 Å². The average molecular weight is 263 g/mol. The first-order chi connectivity index (χ1) is 8.61. The molecule has 0 saturated heterocycles. The molecule has 6 heteroatoms.